The molecule has 3 amide bonds. The minimum absolute atomic E-state index is 0.0678. The Morgan fingerprint density at radius 3 is 2.78 bits per heavy atom. The van der Waals surface area contributed by atoms with Crippen molar-refractivity contribution in [1.82, 2.24) is 15.5 Å². The van der Waals surface area contributed by atoms with E-state index in [9.17, 15) is 9.59 Å². The van der Waals surface area contributed by atoms with Crippen LogP contribution in [0.1, 0.15) is 13.8 Å². The molecule has 7 nitrogen and oxygen atoms in total. The first-order valence-electron chi connectivity index (χ1n) is 6.00. The number of nitrogens with zero attached hydrogens (tertiary/aromatic N) is 1. The van der Waals surface area contributed by atoms with Crippen molar-refractivity contribution in [3.63, 3.8) is 0 Å². The number of morpholine rings is 1. The summed E-state index contributed by atoms with van der Waals surface area (Å²) in [4.78, 5) is 24.8. The number of nitrogens with one attached hydrogen (secondary N) is 2. The lowest BCUT2D eigenvalue weighted by Gasteiger charge is -2.40. The Bertz CT molecular complexity index is 311. The first kappa shape index (κ1) is 14.9. The van der Waals surface area contributed by atoms with E-state index in [1.165, 1.54) is 7.05 Å². The van der Waals surface area contributed by atoms with E-state index in [2.05, 4.69) is 10.6 Å². The number of urea groups is 1. The van der Waals surface area contributed by atoms with Gasteiger partial charge in [0.05, 0.1) is 25.4 Å². The highest BCUT2D eigenvalue weighted by Gasteiger charge is 2.32. The summed E-state index contributed by atoms with van der Waals surface area (Å²) in [5.41, 5.74) is 0. The third-order valence-electron chi connectivity index (χ3n) is 3.10. The minimum atomic E-state index is -0.522. The average molecular weight is 259 g/mol. The summed E-state index contributed by atoms with van der Waals surface area (Å²) in [5, 5.41) is 13.7. The van der Waals surface area contributed by atoms with Gasteiger partial charge in [-0.25, -0.2) is 4.79 Å². The molecule has 0 spiro atoms. The Morgan fingerprint density at radius 1 is 1.56 bits per heavy atom. The number of aliphatic hydroxyl groups excluding tert-OH is 1. The van der Waals surface area contributed by atoms with E-state index < -0.39 is 12.1 Å². The van der Waals surface area contributed by atoms with E-state index in [4.69, 9.17) is 9.84 Å². The number of hydrogen-bond acceptors (Lipinski definition) is 5. The molecule has 1 aliphatic heterocycles. The Kier molecular flexibility index (Phi) is 5.52. The van der Waals surface area contributed by atoms with Gasteiger partial charge in [0.1, 0.15) is 0 Å². The highest BCUT2D eigenvalue weighted by molar-refractivity contribution is 5.96. The zero-order valence-electron chi connectivity index (χ0n) is 11.0. The number of aliphatic hydroxyl groups is 1. The fourth-order valence-corrected chi connectivity index (χ4v) is 1.92. The minimum Gasteiger partial charge on any atom is -0.394 e. The molecule has 7 heteroatoms. The summed E-state index contributed by atoms with van der Waals surface area (Å²) in [6.45, 7) is 4.53. The second-order valence-electron chi connectivity index (χ2n) is 4.43. The maximum absolute atomic E-state index is 11.8. The van der Waals surface area contributed by atoms with Crippen molar-refractivity contribution >= 4 is 11.9 Å². The van der Waals surface area contributed by atoms with E-state index in [0.717, 1.165) is 0 Å². The van der Waals surface area contributed by atoms with Gasteiger partial charge in [-0.3, -0.25) is 15.0 Å². The van der Waals surface area contributed by atoms with Crippen molar-refractivity contribution in [3.05, 3.63) is 0 Å². The third-order valence-corrected chi connectivity index (χ3v) is 3.10. The van der Waals surface area contributed by atoms with Crippen molar-refractivity contribution in [2.24, 2.45) is 0 Å². The quantitative estimate of drug-likeness (QED) is 0.599. The van der Waals surface area contributed by atoms with E-state index in [1.807, 2.05) is 11.8 Å². The molecule has 0 aromatic rings. The summed E-state index contributed by atoms with van der Waals surface area (Å²) < 4.78 is 5.40. The molecule has 0 saturated carbocycles. The zero-order valence-corrected chi connectivity index (χ0v) is 11.0. The van der Waals surface area contributed by atoms with E-state index >= 15 is 0 Å². The Labute approximate surface area is 106 Å². The van der Waals surface area contributed by atoms with Crippen molar-refractivity contribution in [2.75, 3.05) is 26.8 Å². The zero-order chi connectivity index (χ0) is 13.7. The monoisotopic (exact) mass is 259 g/mol. The number of amides is 3. The van der Waals surface area contributed by atoms with Gasteiger partial charge in [-0.1, -0.05) is 0 Å². The van der Waals surface area contributed by atoms with Gasteiger partial charge in [-0.2, -0.15) is 0 Å². The Hall–Kier alpha value is -1.18. The van der Waals surface area contributed by atoms with Crippen LogP contribution in [0.15, 0.2) is 0 Å². The predicted octanol–water partition coefficient (Wildman–Crippen LogP) is -1.09. The van der Waals surface area contributed by atoms with Gasteiger partial charge in [0.15, 0.2) is 0 Å². The number of rotatable bonds is 3. The molecule has 1 saturated heterocycles. The standard InChI is InChI=1S/C11H21N3O4/c1-7-6-18-9(5-15)4-14(7)8(2)10(16)13-11(17)12-3/h7-9,15H,4-6H2,1-3H3,(H2,12,13,16,17). The maximum atomic E-state index is 11.8. The van der Waals surface area contributed by atoms with E-state index in [-0.39, 0.29) is 24.7 Å². The molecule has 1 heterocycles. The highest BCUT2D eigenvalue weighted by atomic mass is 16.5. The SMILES string of the molecule is CNC(=O)NC(=O)C(C)N1CC(CO)OCC1C. The molecule has 18 heavy (non-hydrogen) atoms. The van der Waals surface area contributed by atoms with Gasteiger partial charge in [-0.15, -0.1) is 0 Å². The van der Waals surface area contributed by atoms with Crippen molar-refractivity contribution in [2.45, 2.75) is 32.0 Å². The van der Waals surface area contributed by atoms with Crippen LogP contribution in [0, 0.1) is 0 Å². The second-order valence-corrected chi connectivity index (χ2v) is 4.43. The smallest absolute Gasteiger partial charge is 0.321 e. The molecule has 0 aromatic heterocycles. The number of ether oxygens (including phenoxy) is 1. The number of carbonyl (C=O) groups is 2. The van der Waals surface area contributed by atoms with Crippen LogP contribution in [0.2, 0.25) is 0 Å². The van der Waals surface area contributed by atoms with Gasteiger partial charge in [0, 0.05) is 19.6 Å². The molecule has 0 aliphatic carbocycles. The first-order valence-corrected chi connectivity index (χ1v) is 6.00. The van der Waals surface area contributed by atoms with Crippen molar-refractivity contribution in [3.8, 4) is 0 Å². The topological polar surface area (TPSA) is 90.9 Å². The molecule has 3 atom stereocenters. The molecule has 104 valence electrons. The van der Waals surface area contributed by atoms with Crippen LogP contribution in [0.4, 0.5) is 4.79 Å². The largest absolute Gasteiger partial charge is 0.394 e. The molecule has 3 unspecified atom stereocenters. The summed E-state index contributed by atoms with van der Waals surface area (Å²) in [5.74, 6) is -0.361. The maximum Gasteiger partial charge on any atom is 0.321 e. The van der Waals surface area contributed by atoms with Gasteiger partial charge in [0.25, 0.3) is 0 Å². The van der Waals surface area contributed by atoms with Gasteiger partial charge in [0.2, 0.25) is 5.91 Å². The lowest BCUT2D eigenvalue weighted by molar-refractivity contribution is -0.133. The molecule has 0 radical (unpaired) electrons. The summed E-state index contributed by atoms with van der Waals surface area (Å²) in [7, 11) is 1.45. The van der Waals surface area contributed by atoms with Gasteiger partial charge in [-0.05, 0) is 13.8 Å². The van der Waals surface area contributed by atoms with E-state index in [1.54, 1.807) is 6.92 Å². The molecule has 1 rings (SSSR count). The molecular weight excluding hydrogens is 238 g/mol. The van der Waals surface area contributed by atoms with Gasteiger partial charge < -0.3 is 15.2 Å². The van der Waals surface area contributed by atoms with Crippen LogP contribution in [0.5, 0.6) is 0 Å². The van der Waals surface area contributed by atoms with Crippen LogP contribution in [0.3, 0.4) is 0 Å². The Balaban J connectivity index is 2.60. The second kappa shape index (κ2) is 6.67. The molecular formula is C11H21N3O4. The van der Waals surface area contributed by atoms with E-state index in [0.29, 0.717) is 13.2 Å². The molecule has 3 N–H and O–H groups in total. The van der Waals surface area contributed by atoms with Crippen LogP contribution in [0.25, 0.3) is 0 Å². The first-order chi connectivity index (χ1) is 8.49. The van der Waals surface area contributed by atoms with Crippen LogP contribution in [-0.2, 0) is 9.53 Å². The summed E-state index contributed by atoms with van der Waals surface area (Å²) in [6, 6.07) is -0.903. The van der Waals surface area contributed by atoms with Crippen molar-refractivity contribution < 1.29 is 19.4 Å². The lowest BCUT2D eigenvalue weighted by atomic mass is 10.1. The third kappa shape index (κ3) is 3.66. The fraction of sp³-hybridized carbons (Fsp3) is 0.818. The van der Waals surface area contributed by atoms with Gasteiger partial charge >= 0.3 is 6.03 Å². The summed E-state index contributed by atoms with van der Waals surface area (Å²) in [6.07, 6.45) is -0.281. The number of carbonyl (C=O) groups excluding carboxylic acids is 2. The van der Waals surface area contributed by atoms with Crippen LogP contribution < -0.4 is 10.6 Å². The Morgan fingerprint density at radius 2 is 2.22 bits per heavy atom. The molecule has 0 bridgehead atoms. The van der Waals surface area contributed by atoms with Crippen LogP contribution in [-0.4, -0.2) is 66.9 Å². The number of imide groups is 1. The normalized spacial score (nSPS) is 26.4. The molecule has 1 fully saturated rings. The van der Waals surface area contributed by atoms with Crippen LogP contribution >= 0.6 is 0 Å². The highest BCUT2D eigenvalue weighted by Crippen LogP contribution is 2.14. The fourth-order valence-electron chi connectivity index (χ4n) is 1.92. The lowest BCUT2D eigenvalue weighted by Crippen LogP contribution is -2.58. The molecule has 0 aromatic carbocycles. The average Bonchev–Trinajstić information content (AvgIpc) is 2.38. The summed E-state index contributed by atoms with van der Waals surface area (Å²) >= 11 is 0. The van der Waals surface area contributed by atoms with Crippen molar-refractivity contribution in [1.29, 1.82) is 0 Å². The predicted molar refractivity (Wildman–Crippen MR) is 65.1 cm³/mol. The molecule has 1 aliphatic rings. The number of hydrogen-bond donors (Lipinski definition) is 3.